The fourth-order valence-corrected chi connectivity index (χ4v) is 2.22. The fourth-order valence-electron chi connectivity index (χ4n) is 1.14. The first kappa shape index (κ1) is 15.1. The minimum Gasteiger partial charge on any atom is -0.444 e. The summed E-state index contributed by atoms with van der Waals surface area (Å²) < 4.78 is 5.16. The van der Waals surface area contributed by atoms with Crippen LogP contribution in [0.1, 0.15) is 27.7 Å². The van der Waals surface area contributed by atoms with Crippen molar-refractivity contribution in [2.75, 3.05) is 0 Å². The zero-order chi connectivity index (χ0) is 13.8. The number of carbonyl (C=O) groups excluding carboxylic acids is 1. The summed E-state index contributed by atoms with van der Waals surface area (Å²) in [7, 11) is 0. The number of ether oxygens (including phenoxy) is 1. The van der Waals surface area contributed by atoms with Crippen LogP contribution in [0.25, 0.3) is 0 Å². The minimum atomic E-state index is -0.500. The number of hydrogen-bond acceptors (Lipinski definition) is 4. The summed E-state index contributed by atoms with van der Waals surface area (Å²) in [5, 5.41) is 3.19. The maximum Gasteiger partial charge on any atom is 0.408 e. The van der Waals surface area contributed by atoms with Gasteiger partial charge in [-0.1, -0.05) is 23.4 Å². The SMILES string of the molecule is CC(NC(=O)OC(C)(C)C)Sc1cnccc1Cl. The molecule has 0 bridgehead atoms. The van der Waals surface area contributed by atoms with Crippen molar-refractivity contribution in [2.45, 2.75) is 43.6 Å². The Balaban J connectivity index is 2.50. The number of amides is 1. The van der Waals surface area contributed by atoms with Crippen molar-refractivity contribution in [1.29, 1.82) is 0 Å². The van der Waals surface area contributed by atoms with Gasteiger partial charge in [-0.25, -0.2) is 4.79 Å². The molecule has 4 nitrogen and oxygen atoms in total. The number of rotatable bonds is 3. The van der Waals surface area contributed by atoms with Crippen LogP contribution in [0.15, 0.2) is 23.4 Å². The molecule has 0 saturated carbocycles. The van der Waals surface area contributed by atoms with Crippen molar-refractivity contribution in [1.82, 2.24) is 10.3 Å². The summed E-state index contributed by atoms with van der Waals surface area (Å²) in [6.45, 7) is 7.32. The second-order valence-electron chi connectivity index (χ2n) is 4.71. The van der Waals surface area contributed by atoms with E-state index in [2.05, 4.69) is 10.3 Å². The summed E-state index contributed by atoms with van der Waals surface area (Å²) in [6.07, 6.45) is 2.85. The molecule has 1 heterocycles. The average molecular weight is 289 g/mol. The molecule has 0 aliphatic carbocycles. The second kappa shape index (κ2) is 6.29. The van der Waals surface area contributed by atoms with Crippen LogP contribution in [0.2, 0.25) is 5.02 Å². The molecule has 0 radical (unpaired) electrons. The topological polar surface area (TPSA) is 51.2 Å². The first-order valence-electron chi connectivity index (χ1n) is 5.53. The molecular weight excluding hydrogens is 272 g/mol. The standard InChI is InChI=1S/C12H17ClN2O2S/c1-8(15-11(16)17-12(2,3)4)18-10-7-14-6-5-9(10)13/h5-8H,1-4H3,(H,15,16). The van der Waals surface area contributed by atoms with Gasteiger partial charge in [0.1, 0.15) is 5.60 Å². The zero-order valence-electron chi connectivity index (χ0n) is 10.9. The molecule has 0 spiro atoms. The van der Waals surface area contributed by atoms with Crippen LogP contribution in [0.5, 0.6) is 0 Å². The molecule has 0 aliphatic rings. The van der Waals surface area contributed by atoms with Crippen LogP contribution in [0, 0.1) is 0 Å². The first-order valence-corrected chi connectivity index (χ1v) is 6.79. The highest BCUT2D eigenvalue weighted by atomic mass is 35.5. The lowest BCUT2D eigenvalue weighted by atomic mass is 10.2. The van der Waals surface area contributed by atoms with Crippen molar-refractivity contribution in [3.8, 4) is 0 Å². The molecule has 6 heteroatoms. The lowest BCUT2D eigenvalue weighted by Gasteiger charge is -2.21. The maximum atomic E-state index is 11.5. The molecular formula is C12H17ClN2O2S. The van der Waals surface area contributed by atoms with Gasteiger partial charge >= 0.3 is 6.09 Å². The molecule has 0 aliphatic heterocycles. The number of carbonyl (C=O) groups is 1. The van der Waals surface area contributed by atoms with E-state index in [4.69, 9.17) is 16.3 Å². The Labute approximate surface area is 116 Å². The van der Waals surface area contributed by atoms with Gasteiger partial charge in [-0.2, -0.15) is 0 Å². The van der Waals surface area contributed by atoms with Crippen LogP contribution in [-0.4, -0.2) is 22.1 Å². The van der Waals surface area contributed by atoms with Crippen molar-refractivity contribution >= 4 is 29.5 Å². The van der Waals surface area contributed by atoms with E-state index in [1.54, 1.807) is 18.5 Å². The Morgan fingerprint density at radius 2 is 2.22 bits per heavy atom. The van der Waals surface area contributed by atoms with Crippen LogP contribution in [0.3, 0.4) is 0 Å². The number of alkyl carbamates (subject to hydrolysis) is 1. The van der Waals surface area contributed by atoms with E-state index in [-0.39, 0.29) is 5.37 Å². The Hall–Kier alpha value is -0.940. The highest BCUT2D eigenvalue weighted by Gasteiger charge is 2.18. The van der Waals surface area contributed by atoms with Crippen LogP contribution in [0.4, 0.5) is 4.79 Å². The van der Waals surface area contributed by atoms with Gasteiger partial charge in [0.2, 0.25) is 0 Å². The van der Waals surface area contributed by atoms with Crippen LogP contribution < -0.4 is 5.32 Å². The largest absolute Gasteiger partial charge is 0.444 e. The Kier molecular flexibility index (Phi) is 5.28. The third-order valence-electron chi connectivity index (χ3n) is 1.76. The van der Waals surface area contributed by atoms with Crippen molar-refractivity contribution in [3.63, 3.8) is 0 Å². The molecule has 1 atom stereocenters. The third-order valence-corrected chi connectivity index (χ3v) is 3.25. The molecule has 0 fully saturated rings. The number of thioether (sulfide) groups is 1. The van der Waals surface area contributed by atoms with Gasteiger partial charge in [0.15, 0.2) is 0 Å². The van der Waals surface area contributed by atoms with E-state index in [0.29, 0.717) is 5.02 Å². The fraction of sp³-hybridized carbons (Fsp3) is 0.500. The van der Waals surface area contributed by atoms with Gasteiger partial charge in [-0.05, 0) is 33.8 Å². The van der Waals surface area contributed by atoms with Crippen LogP contribution in [-0.2, 0) is 4.74 Å². The van der Waals surface area contributed by atoms with Gasteiger partial charge in [0.05, 0.1) is 10.4 Å². The van der Waals surface area contributed by atoms with E-state index in [9.17, 15) is 4.79 Å². The van der Waals surface area contributed by atoms with E-state index in [1.807, 2.05) is 27.7 Å². The van der Waals surface area contributed by atoms with Crippen LogP contribution >= 0.6 is 23.4 Å². The lowest BCUT2D eigenvalue weighted by molar-refractivity contribution is 0.0525. The van der Waals surface area contributed by atoms with E-state index >= 15 is 0 Å². The summed E-state index contributed by atoms with van der Waals surface area (Å²) >= 11 is 7.42. The number of hydrogen-bond donors (Lipinski definition) is 1. The normalized spacial score (nSPS) is 12.9. The van der Waals surface area contributed by atoms with Gasteiger partial charge in [-0.3, -0.25) is 4.98 Å². The molecule has 1 aromatic heterocycles. The van der Waals surface area contributed by atoms with Gasteiger partial charge in [-0.15, -0.1) is 0 Å². The third kappa shape index (κ3) is 5.60. The number of pyridine rings is 1. The van der Waals surface area contributed by atoms with E-state index in [0.717, 1.165) is 4.90 Å². The highest BCUT2D eigenvalue weighted by Crippen LogP contribution is 2.28. The van der Waals surface area contributed by atoms with Crippen molar-refractivity contribution in [2.24, 2.45) is 0 Å². The van der Waals surface area contributed by atoms with Gasteiger partial charge < -0.3 is 10.1 Å². The quantitative estimate of drug-likeness (QED) is 0.681. The second-order valence-corrected chi connectivity index (χ2v) is 6.50. The number of nitrogens with zero attached hydrogens (tertiary/aromatic N) is 1. The maximum absolute atomic E-state index is 11.5. The molecule has 1 rings (SSSR count). The van der Waals surface area contributed by atoms with Crippen molar-refractivity contribution < 1.29 is 9.53 Å². The van der Waals surface area contributed by atoms with Gasteiger partial charge in [0.25, 0.3) is 0 Å². The summed E-state index contributed by atoms with van der Waals surface area (Å²) in [5.41, 5.74) is -0.500. The molecule has 1 unspecified atom stereocenters. The molecule has 0 aromatic carbocycles. The smallest absolute Gasteiger partial charge is 0.408 e. The molecule has 1 aromatic rings. The summed E-state index contributed by atoms with van der Waals surface area (Å²) in [6, 6.07) is 1.71. The van der Waals surface area contributed by atoms with Crippen molar-refractivity contribution in [3.05, 3.63) is 23.5 Å². The van der Waals surface area contributed by atoms with E-state index < -0.39 is 11.7 Å². The van der Waals surface area contributed by atoms with Gasteiger partial charge in [0, 0.05) is 17.3 Å². The predicted molar refractivity (Wildman–Crippen MR) is 73.9 cm³/mol. The molecule has 1 amide bonds. The predicted octanol–water partition coefficient (Wildman–Crippen LogP) is 3.70. The number of nitrogens with one attached hydrogen (secondary N) is 1. The number of aromatic nitrogens is 1. The average Bonchev–Trinajstić information content (AvgIpc) is 2.18. The Morgan fingerprint density at radius 3 is 2.78 bits per heavy atom. The zero-order valence-corrected chi connectivity index (χ0v) is 12.4. The summed E-state index contributed by atoms with van der Waals surface area (Å²) in [4.78, 5) is 16.4. The monoisotopic (exact) mass is 288 g/mol. The lowest BCUT2D eigenvalue weighted by Crippen LogP contribution is -2.36. The summed E-state index contributed by atoms with van der Waals surface area (Å²) in [5.74, 6) is 0. The Morgan fingerprint density at radius 1 is 1.56 bits per heavy atom. The Bertz CT molecular complexity index is 421. The number of halogens is 1. The molecule has 100 valence electrons. The molecule has 18 heavy (non-hydrogen) atoms. The minimum absolute atomic E-state index is 0.151. The van der Waals surface area contributed by atoms with E-state index in [1.165, 1.54) is 11.8 Å². The molecule has 0 saturated heterocycles. The highest BCUT2D eigenvalue weighted by molar-refractivity contribution is 8.00. The molecule has 1 N–H and O–H groups in total. The first-order chi connectivity index (χ1) is 8.28.